The molecule has 1 saturated heterocycles. The Bertz CT molecular complexity index is 1330. The number of hydrogen-bond acceptors (Lipinski definition) is 5. The molecule has 3 heterocycles. The van der Waals surface area contributed by atoms with E-state index in [4.69, 9.17) is 28.9 Å². The smallest absolute Gasteiger partial charge is 0.189 e. The molecule has 0 bridgehead atoms. The van der Waals surface area contributed by atoms with Gasteiger partial charge < -0.3 is 15.7 Å². The van der Waals surface area contributed by atoms with Crippen LogP contribution in [-0.2, 0) is 0 Å². The molecule has 0 amide bonds. The highest BCUT2D eigenvalue weighted by Gasteiger charge is 2.26. The van der Waals surface area contributed by atoms with Gasteiger partial charge in [-0.15, -0.1) is 0 Å². The number of anilines is 2. The van der Waals surface area contributed by atoms with Gasteiger partial charge in [0, 0.05) is 36.5 Å². The van der Waals surface area contributed by atoms with Crippen LogP contribution in [0.2, 0.25) is 5.02 Å². The summed E-state index contributed by atoms with van der Waals surface area (Å²) in [6, 6.07) is 2.69. The molecule has 0 unspecified atom stereocenters. The van der Waals surface area contributed by atoms with Gasteiger partial charge in [-0.1, -0.05) is 23.2 Å². The van der Waals surface area contributed by atoms with Crippen molar-refractivity contribution in [1.82, 2.24) is 9.55 Å². The fourth-order valence-corrected chi connectivity index (χ4v) is 4.39. The summed E-state index contributed by atoms with van der Waals surface area (Å²) in [7, 11) is 0. The summed E-state index contributed by atoms with van der Waals surface area (Å²) in [5, 5.41) is 9.35. The lowest BCUT2D eigenvalue weighted by atomic mass is 10.0. The second-order valence-electron chi connectivity index (χ2n) is 7.32. The van der Waals surface area contributed by atoms with Gasteiger partial charge in [0.15, 0.2) is 28.7 Å². The number of nitrogen functional groups attached to an aromatic ring is 1. The lowest BCUT2D eigenvalue weighted by Crippen LogP contribution is -2.33. The number of nitrogens with zero attached hydrogens (tertiary/aromatic N) is 3. The van der Waals surface area contributed by atoms with Crippen LogP contribution in [0.4, 0.5) is 24.7 Å². The summed E-state index contributed by atoms with van der Waals surface area (Å²) >= 11 is 12.7. The number of aromatic nitrogens is 2. The quantitative estimate of drug-likeness (QED) is 0.583. The number of benzene rings is 1. The van der Waals surface area contributed by atoms with Crippen molar-refractivity contribution in [1.29, 1.82) is 0 Å². The second kappa shape index (κ2) is 8.65. The number of aliphatic hydroxyl groups is 1. The normalized spacial score (nSPS) is 16.0. The van der Waals surface area contributed by atoms with Gasteiger partial charge in [-0.25, -0.2) is 18.2 Å². The monoisotopic (exact) mass is 484 g/mol. The van der Waals surface area contributed by atoms with E-state index < -0.39 is 34.5 Å². The van der Waals surface area contributed by atoms with Gasteiger partial charge in [-0.05, 0) is 24.5 Å². The van der Waals surface area contributed by atoms with Crippen LogP contribution in [0.15, 0.2) is 39.8 Å². The number of halogens is 5. The van der Waals surface area contributed by atoms with Crippen molar-refractivity contribution in [3.05, 3.63) is 67.7 Å². The molecule has 1 fully saturated rings. The first-order valence-corrected chi connectivity index (χ1v) is 10.4. The van der Waals surface area contributed by atoms with Crippen LogP contribution < -0.4 is 16.1 Å². The predicted octanol–water partition coefficient (Wildman–Crippen LogP) is 4.12. The van der Waals surface area contributed by atoms with Crippen LogP contribution in [0.1, 0.15) is 12.8 Å². The van der Waals surface area contributed by atoms with Gasteiger partial charge in [0.1, 0.15) is 5.82 Å². The molecule has 168 valence electrons. The molecule has 0 atom stereocenters. The third-order valence-corrected chi connectivity index (χ3v) is 6.09. The fourth-order valence-electron chi connectivity index (χ4n) is 3.83. The lowest BCUT2D eigenvalue weighted by Gasteiger charge is -2.32. The largest absolute Gasteiger partial charge is 0.391 e. The third-order valence-electron chi connectivity index (χ3n) is 5.34. The van der Waals surface area contributed by atoms with E-state index in [1.54, 1.807) is 4.90 Å². The molecular formula is C21H17Cl2F3N4O2. The number of rotatable bonds is 3. The maximum Gasteiger partial charge on any atom is 0.189 e. The highest BCUT2D eigenvalue weighted by molar-refractivity contribution is 6.38. The molecule has 0 spiro atoms. The van der Waals surface area contributed by atoms with Crippen molar-refractivity contribution >= 4 is 45.6 Å². The SMILES string of the molecule is Nc1nc(-n2ccc(=O)c3cc(F)c(N4CCCC(=C(Cl)CO)C4)c(Cl)c32)c(F)cc1F. The van der Waals surface area contributed by atoms with E-state index in [1.165, 1.54) is 6.20 Å². The molecule has 1 aliphatic heterocycles. The van der Waals surface area contributed by atoms with Crippen molar-refractivity contribution in [2.45, 2.75) is 12.8 Å². The van der Waals surface area contributed by atoms with E-state index in [0.29, 0.717) is 25.5 Å². The zero-order chi connectivity index (χ0) is 23.2. The number of pyridine rings is 2. The molecule has 6 nitrogen and oxygen atoms in total. The summed E-state index contributed by atoms with van der Waals surface area (Å²) in [6.45, 7) is 0.318. The van der Waals surface area contributed by atoms with Crippen molar-refractivity contribution in [3.63, 3.8) is 0 Å². The first kappa shape index (κ1) is 22.4. The molecule has 0 saturated carbocycles. The van der Waals surface area contributed by atoms with Gasteiger partial charge >= 0.3 is 0 Å². The summed E-state index contributed by atoms with van der Waals surface area (Å²) in [6.07, 6.45) is 2.48. The number of nitrogens with two attached hydrogens (primary N) is 1. The highest BCUT2D eigenvalue weighted by Crippen LogP contribution is 2.38. The van der Waals surface area contributed by atoms with Gasteiger partial charge in [0.05, 0.1) is 28.2 Å². The number of piperidine rings is 1. The van der Waals surface area contributed by atoms with E-state index in [9.17, 15) is 18.7 Å². The maximum absolute atomic E-state index is 15.2. The van der Waals surface area contributed by atoms with Gasteiger partial charge in [-0.3, -0.25) is 9.36 Å². The molecule has 4 rings (SSSR count). The van der Waals surface area contributed by atoms with Crippen LogP contribution in [0, 0.1) is 17.5 Å². The van der Waals surface area contributed by atoms with Crippen molar-refractivity contribution in [3.8, 4) is 5.82 Å². The lowest BCUT2D eigenvalue weighted by molar-refractivity contribution is 0.336. The standard InChI is InChI=1S/C21H17Cl2F3N4O2/c22-12(9-31)10-2-1-4-29(8-10)19-13(24)6-11-16(32)3-5-30(18(11)17(19)23)21-15(26)7-14(25)20(27)28-21/h3,5-7,31H,1-2,4,8-9H2,(H2,27,28). The molecule has 1 aromatic carbocycles. The Morgan fingerprint density at radius 2 is 1.97 bits per heavy atom. The van der Waals surface area contributed by atoms with Gasteiger partial charge in [0.25, 0.3) is 0 Å². The first-order valence-electron chi connectivity index (χ1n) is 9.60. The number of hydrogen-bond donors (Lipinski definition) is 2. The summed E-state index contributed by atoms with van der Waals surface area (Å²) in [5.74, 6) is -3.76. The van der Waals surface area contributed by atoms with E-state index in [-0.39, 0.29) is 39.8 Å². The minimum absolute atomic E-state index is 0.00247. The van der Waals surface area contributed by atoms with Crippen molar-refractivity contribution in [2.24, 2.45) is 0 Å². The Morgan fingerprint density at radius 3 is 2.69 bits per heavy atom. The molecule has 0 radical (unpaired) electrons. The van der Waals surface area contributed by atoms with Crippen LogP contribution in [-0.4, -0.2) is 34.4 Å². The molecule has 3 N–H and O–H groups in total. The third kappa shape index (κ3) is 3.80. The maximum atomic E-state index is 15.2. The van der Waals surface area contributed by atoms with E-state index in [2.05, 4.69) is 4.98 Å². The Hall–Kier alpha value is -2.75. The molecule has 3 aromatic rings. The Labute approximate surface area is 190 Å². The summed E-state index contributed by atoms with van der Waals surface area (Å²) < 4.78 is 44.5. The van der Waals surface area contributed by atoms with E-state index in [1.807, 2.05) is 0 Å². The highest BCUT2D eigenvalue weighted by atomic mass is 35.5. The van der Waals surface area contributed by atoms with Crippen molar-refractivity contribution < 1.29 is 18.3 Å². The van der Waals surface area contributed by atoms with Crippen LogP contribution >= 0.6 is 23.2 Å². The van der Waals surface area contributed by atoms with Crippen LogP contribution in [0.5, 0.6) is 0 Å². The predicted molar refractivity (Wildman–Crippen MR) is 118 cm³/mol. The molecule has 2 aromatic heterocycles. The van der Waals surface area contributed by atoms with Gasteiger partial charge in [0.2, 0.25) is 0 Å². The molecule has 32 heavy (non-hydrogen) atoms. The Kier molecular flexibility index (Phi) is 6.07. The Morgan fingerprint density at radius 1 is 1.22 bits per heavy atom. The molecular weight excluding hydrogens is 468 g/mol. The topological polar surface area (TPSA) is 84.4 Å². The number of fused-ring (bicyclic) bond motifs is 1. The van der Waals surface area contributed by atoms with Crippen LogP contribution in [0.3, 0.4) is 0 Å². The fraction of sp³-hybridized carbons (Fsp3) is 0.238. The zero-order valence-corrected chi connectivity index (χ0v) is 18.0. The summed E-state index contributed by atoms with van der Waals surface area (Å²) in [4.78, 5) is 17.8. The average Bonchev–Trinajstić information content (AvgIpc) is 2.77. The minimum atomic E-state index is -1.04. The van der Waals surface area contributed by atoms with Gasteiger partial charge in [-0.2, -0.15) is 0 Å². The molecule has 11 heteroatoms. The zero-order valence-electron chi connectivity index (χ0n) is 16.5. The molecule has 0 aliphatic carbocycles. The van der Waals surface area contributed by atoms with Crippen LogP contribution in [0.25, 0.3) is 16.7 Å². The minimum Gasteiger partial charge on any atom is -0.391 e. The molecule has 1 aliphatic rings. The first-order chi connectivity index (χ1) is 15.2. The van der Waals surface area contributed by atoms with E-state index in [0.717, 1.165) is 22.3 Å². The summed E-state index contributed by atoms with van der Waals surface area (Å²) in [5.41, 5.74) is 5.69. The number of aliphatic hydroxyl groups excluding tert-OH is 1. The van der Waals surface area contributed by atoms with E-state index >= 15 is 4.39 Å². The second-order valence-corrected chi connectivity index (χ2v) is 8.15. The average molecular weight is 485 g/mol. The Balaban J connectivity index is 1.98. The van der Waals surface area contributed by atoms with Crippen molar-refractivity contribution in [2.75, 3.05) is 30.3 Å².